The van der Waals surface area contributed by atoms with Crippen LogP contribution in [0, 0.1) is 0 Å². The number of halogens is 1. The Balaban J connectivity index is 1.18. The minimum Gasteiger partial charge on any atom is -0.344 e. The third-order valence-electron chi connectivity index (χ3n) is 12.4. The molecule has 1 unspecified atom stereocenters. The Labute approximate surface area is 292 Å². The largest absolute Gasteiger partial charge is 0.344 e. The Kier molecular flexibility index (Phi) is 8.21. The van der Waals surface area contributed by atoms with Crippen LogP contribution >= 0.6 is 0 Å². The zero-order chi connectivity index (χ0) is 33.8. The molecule has 1 saturated carbocycles. The fraction of sp³-hybridized carbons (Fsp3) is 0.370. The van der Waals surface area contributed by atoms with Gasteiger partial charge in [0.05, 0.1) is 5.41 Å². The van der Waals surface area contributed by atoms with Crippen LogP contribution < -0.4 is 4.90 Å². The van der Waals surface area contributed by atoms with Crippen molar-refractivity contribution in [2.75, 3.05) is 18.5 Å². The van der Waals surface area contributed by atoms with Gasteiger partial charge in [0.25, 0.3) is 0 Å². The lowest BCUT2D eigenvalue weighted by atomic mass is 9.67. The van der Waals surface area contributed by atoms with Crippen LogP contribution in [0.15, 0.2) is 120 Å². The van der Waals surface area contributed by atoms with E-state index in [2.05, 4.69) is 134 Å². The predicted octanol–water partition coefficient (Wildman–Crippen LogP) is 12.3. The van der Waals surface area contributed by atoms with Crippen molar-refractivity contribution in [3.05, 3.63) is 131 Å². The maximum absolute atomic E-state index is 16.5. The van der Waals surface area contributed by atoms with Gasteiger partial charge in [-0.15, -0.1) is 0 Å². The van der Waals surface area contributed by atoms with Gasteiger partial charge < -0.3 is 4.90 Å². The molecule has 4 aromatic rings. The Bertz CT molecular complexity index is 2120. The average Bonchev–Trinajstić information content (AvgIpc) is 3.51. The first-order chi connectivity index (χ1) is 23.9. The topological polar surface area (TPSA) is 6.25 Å². The first-order valence-electron chi connectivity index (χ1n) is 18.8. The van der Waals surface area contributed by atoms with Crippen LogP contribution in [0.2, 0.25) is 0 Å². The molecule has 0 saturated heterocycles. The molecule has 0 amide bonds. The monoisotopic (exact) mass is 649 g/mol. The molecule has 0 bridgehead atoms. The molecule has 49 heavy (non-hydrogen) atoms. The fourth-order valence-electron chi connectivity index (χ4n) is 9.85. The number of hydrogen-bond donors (Lipinski definition) is 0. The summed E-state index contributed by atoms with van der Waals surface area (Å²) in [6.07, 6.45) is 19.5. The van der Waals surface area contributed by atoms with Crippen LogP contribution in [0.25, 0.3) is 21.5 Å². The number of rotatable bonds is 6. The number of hydrogen-bond acceptors (Lipinski definition) is 1. The van der Waals surface area contributed by atoms with Crippen LogP contribution in [-0.4, -0.2) is 23.9 Å². The van der Waals surface area contributed by atoms with Crippen molar-refractivity contribution < 1.29 is 8.97 Å². The van der Waals surface area contributed by atoms with Crippen molar-refractivity contribution in [3.8, 4) is 0 Å². The number of fused-ring (bicyclic) bond motifs is 7. The number of anilines is 1. The van der Waals surface area contributed by atoms with Crippen LogP contribution in [0.1, 0.15) is 96.1 Å². The summed E-state index contributed by atoms with van der Waals surface area (Å²) in [5.74, 6) is -0.0255. The maximum Gasteiger partial charge on any atom is 0.210 e. The van der Waals surface area contributed by atoms with E-state index in [9.17, 15) is 0 Å². The third-order valence-corrected chi connectivity index (χ3v) is 12.4. The summed E-state index contributed by atoms with van der Waals surface area (Å²) < 4.78 is 18.9. The average molecular weight is 650 g/mol. The summed E-state index contributed by atoms with van der Waals surface area (Å²) in [4.78, 5) is 2.58. The zero-order valence-corrected chi connectivity index (χ0v) is 29.8. The quantitative estimate of drug-likeness (QED) is 0.188. The lowest BCUT2D eigenvalue weighted by molar-refractivity contribution is -0.401. The first kappa shape index (κ1) is 32.0. The second-order valence-electron chi connectivity index (χ2n) is 15.1. The Morgan fingerprint density at radius 2 is 1.47 bits per heavy atom. The molecule has 0 radical (unpaired) electrons. The van der Waals surface area contributed by atoms with Gasteiger partial charge in [0.1, 0.15) is 12.9 Å². The van der Waals surface area contributed by atoms with Gasteiger partial charge in [-0.1, -0.05) is 93.8 Å². The number of allylic oxidation sites excluding steroid dienone is 8. The van der Waals surface area contributed by atoms with Crippen molar-refractivity contribution in [1.82, 2.24) is 0 Å². The van der Waals surface area contributed by atoms with Gasteiger partial charge in [0.2, 0.25) is 5.69 Å². The molecular weight excluding hydrogens is 600 g/mol. The zero-order valence-electron chi connectivity index (χ0n) is 29.8. The summed E-state index contributed by atoms with van der Waals surface area (Å²) in [6.45, 7) is 7.89. The molecule has 4 aromatic carbocycles. The molecule has 0 N–H and O–H groups in total. The van der Waals surface area contributed by atoms with Gasteiger partial charge >= 0.3 is 0 Å². The molecule has 250 valence electrons. The van der Waals surface area contributed by atoms with Crippen LogP contribution in [0.4, 0.5) is 15.8 Å². The van der Waals surface area contributed by atoms with E-state index in [4.69, 9.17) is 0 Å². The lowest BCUT2D eigenvalue weighted by Crippen LogP contribution is -2.33. The molecule has 1 atom stereocenters. The number of benzene rings is 4. The SMILES string of the molecule is CCCN1/C(=C/C=C2\CCCC(/C=C/C3=[N+](C)c4ccc5ccccc5c4C3(C)CC)=C2F)C2(CCCCC2)c2c1ccc1ccccc21. The van der Waals surface area contributed by atoms with E-state index in [1.165, 1.54) is 74.7 Å². The second-order valence-corrected chi connectivity index (χ2v) is 15.1. The molecule has 2 heterocycles. The molecule has 0 aromatic heterocycles. The van der Waals surface area contributed by atoms with E-state index in [1.54, 1.807) is 0 Å². The molecule has 2 aliphatic carbocycles. The summed E-state index contributed by atoms with van der Waals surface area (Å²) in [7, 11) is 2.17. The van der Waals surface area contributed by atoms with E-state index in [-0.39, 0.29) is 16.7 Å². The summed E-state index contributed by atoms with van der Waals surface area (Å²) in [6, 6.07) is 26.8. The highest BCUT2D eigenvalue weighted by molar-refractivity contribution is 6.08. The van der Waals surface area contributed by atoms with E-state index < -0.39 is 0 Å². The first-order valence-corrected chi connectivity index (χ1v) is 18.8. The summed E-state index contributed by atoms with van der Waals surface area (Å²) in [5.41, 5.74) is 9.67. The number of nitrogens with zero attached hydrogens (tertiary/aromatic N) is 2. The highest BCUT2D eigenvalue weighted by Crippen LogP contribution is 2.57. The Morgan fingerprint density at radius 3 is 2.18 bits per heavy atom. The second kappa shape index (κ2) is 12.6. The fourth-order valence-corrected chi connectivity index (χ4v) is 9.85. The highest BCUT2D eigenvalue weighted by Gasteiger charge is 2.48. The van der Waals surface area contributed by atoms with Crippen molar-refractivity contribution in [2.45, 2.75) is 95.8 Å². The maximum atomic E-state index is 16.5. The van der Waals surface area contributed by atoms with Gasteiger partial charge in [-0.25, -0.2) is 4.39 Å². The third kappa shape index (κ3) is 4.98. The molecule has 2 aliphatic heterocycles. The molecule has 1 spiro atoms. The van der Waals surface area contributed by atoms with Gasteiger partial charge in [-0.05, 0) is 114 Å². The standard InChI is InChI=1S/C46H50FN2/c1-5-31-49-39-26-22-33-16-9-11-20-37(33)43(39)46(29-12-7-13-30-46)41(49)28-24-35-18-14-17-34(44(35)47)23-27-40-45(3,6-2)42-36-19-10-8-15-32(36)21-25-38(42)48(40)4/h8-11,15-16,19-28H,5-7,12-14,17-18,29-31H2,1-4H3/q+1. The highest BCUT2D eigenvalue weighted by atomic mass is 19.1. The van der Waals surface area contributed by atoms with Crippen molar-refractivity contribution in [1.29, 1.82) is 0 Å². The minimum atomic E-state index is -0.144. The normalized spacial score (nSPS) is 23.7. The van der Waals surface area contributed by atoms with E-state index in [1.807, 2.05) is 0 Å². The van der Waals surface area contributed by atoms with E-state index in [0.717, 1.165) is 62.6 Å². The molecule has 2 nitrogen and oxygen atoms in total. The van der Waals surface area contributed by atoms with Gasteiger partial charge in [0.15, 0.2) is 5.71 Å². The van der Waals surface area contributed by atoms with Crippen LogP contribution in [0.3, 0.4) is 0 Å². The molecule has 8 rings (SSSR count). The predicted molar refractivity (Wildman–Crippen MR) is 206 cm³/mol. The van der Waals surface area contributed by atoms with Crippen LogP contribution in [-0.2, 0) is 10.8 Å². The van der Waals surface area contributed by atoms with Gasteiger partial charge in [0, 0.05) is 41.1 Å². The van der Waals surface area contributed by atoms with Crippen molar-refractivity contribution >= 4 is 38.6 Å². The Morgan fingerprint density at radius 1 is 0.776 bits per heavy atom. The van der Waals surface area contributed by atoms with Crippen LogP contribution in [0.5, 0.6) is 0 Å². The van der Waals surface area contributed by atoms with E-state index in [0.29, 0.717) is 0 Å². The smallest absolute Gasteiger partial charge is 0.210 e. The molecule has 3 heteroatoms. The van der Waals surface area contributed by atoms with Crippen molar-refractivity contribution in [3.63, 3.8) is 0 Å². The van der Waals surface area contributed by atoms with Gasteiger partial charge in [-0.2, -0.15) is 4.58 Å². The van der Waals surface area contributed by atoms with E-state index >= 15 is 4.39 Å². The molecule has 4 aliphatic rings. The molecule has 1 fully saturated rings. The summed E-state index contributed by atoms with van der Waals surface area (Å²) >= 11 is 0. The molecular formula is C46H50FN2+. The summed E-state index contributed by atoms with van der Waals surface area (Å²) in [5, 5.41) is 5.30. The Hall–Kier alpha value is -4.24. The van der Waals surface area contributed by atoms with Crippen molar-refractivity contribution in [2.24, 2.45) is 0 Å². The van der Waals surface area contributed by atoms with Gasteiger partial charge in [-0.3, -0.25) is 0 Å². The minimum absolute atomic E-state index is 0.00818. The lowest BCUT2D eigenvalue weighted by Gasteiger charge is -2.37.